The van der Waals surface area contributed by atoms with E-state index in [1.165, 1.54) is 7.11 Å². The molecule has 2 rings (SSSR count). The highest BCUT2D eigenvalue weighted by Gasteiger charge is 2.41. The smallest absolute Gasteiger partial charge is 0.308 e. The minimum atomic E-state index is -0.0152. The highest BCUT2D eigenvalue weighted by Crippen LogP contribution is 2.40. The van der Waals surface area contributed by atoms with E-state index in [1.54, 1.807) is 0 Å². The molecule has 0 bridgehead atoms. The molecule has 0 unspecified atom stereocenters. The number of ether oxygens (including phenoxy) is 1. The van der Waals surface area contributed by atoms with Crippen molar-refractivity contribution >= 4 is 5.97 Å². The van der Waals surface area contributed by atoms with Crippen LogP contribution in [0.25, 0.3) is 0 Å². The molecule has 0 aromatic carbocycles. The van der Waals surface area contributed by atoms with Crippen molar-refractivity contribution in [2.75, 3.05) is 20.2 Å². The summed E-state index contributed by atoms with van der Waals surface area (Å²) in [5.41, 5.74) is 0. The zero-order chi connectivity index (χ0) is 8.55. The molecule has 3 nitrogen and oxygen atoms in total. The Morgan fingerprint density at radius 2 is 2.00 bits per heavy atom. The van der Waals surface area contributed by atoms with E-state index in [0.717, 1.165) is 37.8 Å². The summed E-state index contributed by atoms with van der Waals surface area (Å²) in [6.07, 6.45) is 2.11. The van der Waals surface area contributed by atoms with Crippen LogP contribution in [0.3, 0.4) is 0 Å². The molecule has 68 valence electrons. The van der Waals surface area contributed by atoms with Crippen LogP contribution in [0.4, 0.5) is 0 Å². The summed E-state index contributed by atoms with van der Waals surface area (Å²) in [6.45, 7) is 2.30. The molecule has 1 saturated heterocycles. The molecule has 1 saturated carbocycles. The fourth-order valence-electron chi connectivity index (χ4n) is 2.05. The summed E-state index contributed by atoms with van der Waals surface area (Å²) in [7, 11) is 1.47. The maximum absolute atomic E-state index is 11.0. The van der Waals surface area contributed by atoms with Crippen LogP contribution >= 0.6 is 0 Å². The van der Waals surface area contributed by atoms with Crippen molar-refractivity contribution in [3.05, 3.63) is 0 Å². The van der Waals surface area contributed by atoms with Gasteiger partial charge in [-0.3, -0.25) is 4.79 Å². The van der Waals surface area contributed by atoms with Gasteiger partial charge in [-0.05, 0) is 37.8 Å². The van der Waals surface area contributed by atoms with Gasteiger partial charge in [-0.2, -0.15) is 0 Å². The van der Waals surface area contributed by atoms with Crippen molar-refractivity contribution in [2.24, 2.45) is 17.8 Å². The van der Waals surface area contributed by atoms with Crippen LogP contribution in [0.5, 0.6) is 0 Å². The Hall–Kier alpha value is -0.570. The molecule has 1 N–H and O–H groups in total. The molecule has 0 atom stereocenters. The molecule has 2 fully saturated rings. The molecule has 1 aliphatic carbocycles. The summed E-state index contributed by atoms with van der Waals surface area (Å²) >= 11 is 0. The van der Waals surface area contributed by atoms with Gasteiger partial charge in [0.1, 0.15) is 0 Å². The number of nitrogens with one attached hydrogen (secondary N) is 1. The fourth-order valence-corrected chi connectivity index (χ4v) is 2.05. The van der Waals surface area contributed by atoms with Crippen LogP contribution in [0.1, 0.15) is 12.8 Å². The molecule has 0 aromatic rings. The summed E-state index contributed by atoms with van der Waals surface area (Å²) in [5.74, 6) is 1.82. The first-order valence-corrected chi connectivity index (χ1v) is 4.60. The molecular weight excluding hydrogens is 154 g/mol. The van der Waals surface area contributed by atoms with Gasteiger partial charge in [-0.25, -0.2) is 0 Å². The highest BCUT2D eigenvalue weighted by atomic mass is 16.5. The molecule has 1 aliphatic heterocycles. The molecular formula is C9H15NO2. The Kier molecular flexibility index (Phi) is 2.05. The minimum absolute atomic E-state index is 0.0152. The van der Waals surface area contributed by atoms with Crippen molar-refractivity contribution < 1.29 is 9.53 Å². The lowest BCUT2D eigenvalue weighted by Gasteiger charge is -2.43. The lowest BCUT2D eigenvalue weighted by molar-refractivity contribution is -0.151. The number of rotatable bonds is 2. The third-order valence-electron chi connectivity index (χ3n) is 3.19. The van der Waals surface area contributed by atoms with Gasteiger partial charge < -0.3 is 10.1 Å². The van der Waals surface area contributed by atoms with Crippen molar-refractivity contribution in [2.45, 2.75) is 12.8 Å². The predicted octanol–water partition coefficient (Wildman–Crippen LogP) is 0.405. The van der Waals surface area contributed by atoms with Gasteiger partial charge in [0, 0.05) is 0 Å². The number of carbonyl (C=O) groups is 1. The van der Waals surface area contributed by atoms with Gasteiger partial charge in [0.25, 0.3) is 0 Å². The average molecular weight is 169 g/mol. The van der Waals surface area contributed by atoms with Crippen molar-refractivity contribution in [1.82, 2.24) is 5.32 Å². The van der Waals surface area contributed by atoms with Gasteiger partial charge >= 0.3 is 5.97 Å². The maximum Gasteiger partial charge on any atom is 0.308 e. The quantitative estimate of drug-likeness (QED) is 0.608. The van der Waals surface area contributed by atoms with E-state index >= 15 is 0 Å². The van der Waals surface area contributed by atoms with E-state index in [9.17, 15) is 4.79 Å². The van der Waals surface area contributed by atoms with Gasteiger partial charge in [-0.1, -0.05) is 0 Å². The third-order valence-corrected chi connectivity index (χ3v) is 3.19. The van der Waals surface area contributed by atoms with E-state index in [1.807, 2.05) is 0 Å². The fraction of sp³-hybridized carbons (Fsp3) is 0.889. The second-order valence-corrected chi connectivity index (χ2v) is 3.87. The summed E-state index contributed by atoms with van der Waals surface area (Å²) in [6, 6.07) is 0. The third kappa shape index (κ3) is 1.22. The number of hydrogen-bond donors (Lipinski definition) is 1. The molecule has 2 aliphatic rings. The molecule has 0 radical (unpaired) electrons. The van der Waals surface area contributed by atoms with Crippen LogP contribution < -0.4 is 5.32 Å². The van der Waals surface area contributed by atoms with Crippen molar-refractivity contribution in [1.29, 1.82) is 0 Å². The van der Waals surface area contributed by atoms with Crippen molar-refractivity contribution in [3.63, 3.8) is 0 Å². The van der Waals surface area contributed by atoms with Crippen LogP contribution in [0.2, 0.25) is 0 Å². The Balaban J connectivity index is 1.72. The monoisotopic (exact) mass is 169 g/mol. The van der Waals surface area contributed by atoms with Crippen LogP contribution in [-0.4, -0.2) is 26.2 Å². The van der Waals surface area contributed by atoms with Gasteiger partial charge in [-0.15, -0.1) is 0 Å². The molecule has 0 spiro atoms. The maximum atomic E-state index is 11.0. The SMILES string of the molecule is COC(=O)C1CC(C2CNC2)C1. The first kappa shape index (κ1) is 8.05. The largest absolute Gasteiger partial charge is 0.469 e. The molecule has 0 amide bonds. The Morgan fingerprint density at radius 1 is 1.33 bits per heavy atom. The predicted molar refractivity (Wildman–Crippen MR) is 44.6 cm³/mol. The Bertz CT molecular complexity index is 183. The number of methoxy groups -OCH3 is 1. The standard InChI is InChI=1S/C9H15NO2/c1-12-9(11)7-2-6(3-7)8-4-10-5-8/h6-8,10H,2-5H2,1H3. The van der Waals surface area contributed by atoms with Gasteiger partial charge in [0.15, 0.2) is 0 Å². The van der Waals surface area contributed by atoms with Gasteiger partial charge in [0.05, 0.1) is 13.0 Å². The number of carbonyl (C=O) groups excluding carboxylic acids is 1. The first-order chi connectivity index (χ1) is 5.81. The topological polar surface area (TPSA) is 38.3 Å². The lowest BCUT2D eigenvalue weighted by atomic mass is 9.67. The Labute approximate surface area is 72.5 Å². The average Bonchev–Trinajstić information content (AvgIpc) is 1.90. The zero-order valence-electron chi connectivity index (χ0n) is 7.38. The molecule has 3 heteroatoms. The van der Waals surface area contributed by atoms with Crippen LogP contribution in [-0.2, 0) is 9.53 Å². The molecule has 12 heavy (non-hydrogen) atoms. The van der Waals surface area contributed by atoms with E-state index in [-0.39, 0.29) is 11.9 Å². The highest BCUT2D eigenvalue weighted by molar-refractivity contribution is 5.73. The molecule has 1 heterocycles. The van der Waals surface area contributed by atoms with Crippen molar-refractivity contribution in [3.8, 4) is 0 Å². The van der Waals surface area contributed by atoms with E-state index in [0.29, 0.717) is 0 Å². The lowest BCUT2D eigenvalue weighted by Crippen LogP contribution is -2.50. The first-order valence-electron chi connectivity index (χ1n) is 4.60. The normalized spacial score (nSPS) is 35.1. The van der Waals surface area contributed by atoms with E-state index in [2.05, 4.69) is 10.1 Å². The number of hydrogen-bond acceptors (Lipinski definition) is 3. The number of esters is 1. The second-order valence-electron chi connectivity index (χ2n) is 3.87. The molecule has 0 aromatic heterocycles. The van der Waals surface area contributed by atoms with Crippen LogP contribution in [0, 0.1) is 17.8 Å². The Morgan fingerprint density at radius 3 is 2.42 bits per heavy atom. The summed E-state index contributed by atoms with van der Waals surface area (Å²) < 4.78 is 4.68. The van der Waals surface area contributed by atoms with E-state index in [4.69, 9.17) is 0 Å². The summed E-state index contributed by atoms with van der Waals surface area (Å²) in [5, 5.41) is 3.25. The zero-order valence-corrected chi connectivity index (χ0v) is 7.38. The van der Waals surface area contributed by atoms with Crippen LogP contribution in [0.15, 0.2) is 0 Å². The summed E-state index contributed by atoms with van der Waals surface area (Å²) in [4.78, 5) is 11.0. The van der Waals surface area contributed by atoms with Gasteiger partial charge in [0.2, 0.25) is 0 Å². The minimum Gasteiger partial charge on any atom is -0.469 e. The van der Waals surface area contributed by atoms with E-state index < -0.39 is 0 Å². The second kappa shape index (κ2) is 3.05.